The minimum Gasteiger partial charge on any atom is -0.316 e. The molecular formula is C13H25NO2S. The summed E-state index contributed by atoms with van der Waals surface area (Å²) in [6, 6.07) is 0. The lowest BCUT2D eigenvalue weighted by Crippen LogP contribution is -2.37. The largest absolute Gasteiger partial charge is 0.316 e. The molecule has 1 N–H and O–H groups in total. The fraction of sp³-hybridized carbons (Fsp3) is 1.00. The first-order valence-electron chi connectivity index (χ1n) is 7.03. The molecule has 0 aromatic carbocycles. The Morgan fingerprint density at radius 3 is 2.47 bits per heavy atom. The lowest BCUT2D eigenvalue weighted by molar-refractivity contribution is 0.151. The van der Waals surface area contributed by atoms with Crippen molar-refractivity contribution >= 4 is 9.84 Å². The van der Waals surface area contributed by atoms with Crippen LogP contribution in [0.3, 0.4) is 0 Å². The summed E-state index contributed by atoms with van der Waals surface area (Å²) < 4.78 is 23.2. The van der Waals surface area contributed by atoms with Crippen molar-refractivity contribution in [1.29, 1.82) is 0 Å². The van der Waals surface area contributed by atoms with E-state index < -0.39 is 9.84 Å². The third kappa shape index (κ3) is 3.44. The van der Waals surface area contributed by atoms with E-state index in [1.165, 1.54) is 19.3 Å². The molecule has 1 saturated carbocycles. The molecule has 2 aliphatic rings. The Hall–Kier alpha value is -0.0900. The highest BCUT2D eigenvalue weighted by Crippen LogP contribution is 2.40. The predicted molar refractivity (Wildman–Crippen MR) is 70.8 cm³/mol. The number of rotatable bonds is 6. The third-order valence-corrected chi connectivity index (χ3v) is 6.23. The molecular weight excluding hydrogens is 234 g/mol. The summed E-state index contributed by atoms with van der Waals surface area (Å²) in [5, 5.41) is 3.49. The van der Waals surface area contributed by atoms with Crippen LogP contribution >= 0.6 is 0 Å². The summed E-state index contributed by atoms with van der Waals surface area (Å²) >= 11 is 0. The van der Waals surface area contributed by atoms with Crippen LogP contribution in [0.2, 0.25) is 0 Å². The van der Waals surface area contributed by atoms with Crippen molar-refractivity contribution in [3.05, 3.63) is 0 Å². The zero-order valence-corrected chi connectivity index (χ0v) is 11.6. The van der Waals surface area contributed by atoms with Gasteiger partial charge in [0.1, 0.15) is 0 Å². The van der Waals surface area contributed by atoms with Gasteiger partial charge in [-0.25, -0.2) is 8.42 Å². The lowest BCUT2D eigenvalue weighted by atomic mass is 9.70. The summed E-state index contributed by atoms with van der Waals surface area (Å²) in [5.74, 6) is 2.69. The SMILES string of the molecule is CCCNCC(C1CCC1)C1CCS(=O)(=O)C1. The molecule has 0 spiro atoms. The monoisotopic (exact) mass is 259 g/mol. The lowest BCUT2D eigenvalue weighted by Gasteiger charge is -2.37. The van der Waals surface area contributed by atoms with Crippen LogP contribution < -0.4 is 5.32 Å². The van der Waals surface area contributed by atoms with Crippen molar-refractivity contribution in [1.82, 2.24) is 5.32 Å². The molecule has 1 aliphatic carbocycles. The standard InChI is InChI=1S/C13H25NO2S/c1-2-7-14-9-13(11-4-3-5-11)12-6-8-17(15,16)10-12/h11-14H,2-10H2,1H3. The highest BCUT2D eigenvalue weighted by molar-refractivity contribution is 7.91. The minimum absolute atomic E-state index is 0.425. The first-order chi connectivity index (χ1) is 8.12. The zero-order valence-electron chi connectivity index (χ0n) is 10.8. The van der Waals surface area contributed by atoms with E-state index in [0.29, 0.717) is 23.3 Å². The highest BCUT2D eigenvalue weighted by atomic mass is 32.2. The van der Waals surface area contributed by atoms with E-state index in [1.807, 2.05) is 0 Å². The molecule has 2 rings (SSSR count). The molecule has 17 heavy (non-hydrogen) atoms. The van der Waals surface area contributed by atoms with Crippen LogP contribution in [0.1, 0.15) is 39.0 Å². The Labute approximate surface area is 105 Å². The molecule has 1 aliphatic heterocycles. The van der Waals surface area contributed by atoms with Gasteiger partial charge in [0.2, 0.25) is 0 Å². The first kappa shape index (κ1) is 13.3. The second-order valence-corrected chi connectivity index (χ2v) is 7.95. The quantitative estimate of drug-likeness (QED) is 0.740. The van der Waals surface area contributed by atoms with Gasteiger partial charge in [0.15, 0.2) is 9.84 Å². The first-order valence-corrected chi connectivity index (χ1v) is 8.85. The number of hydrogen-bond donors (Lipinski definition) is 1. The topological polar surface area (TPSA) is 46.2 Å². The highest BCUT2D eigenvalue weighted by Gasteiger charge is 2.38. The summed E-state index contributed by atoms with van der Waals surface area (Å²) in [6.07, 6.45) is 6.02. The number of hydrogen-bond acceptors (Lipinski definition) is 3. The average Bonchev–Trinajstić information content (AvgIpc) is 2.55. The van der Waals surface area contributed by atoms with Crippen LogP contribution in [0.15, 0.2) is 0 Å². The van der Waals surface area contributed by atoms with E-state index in [4.69, 9.17) is 0 Å². The van der Waals surface area contributed by atoms with Gasteiger partial charge in [-0.3, -0.25) is 0 Å². The van der Waals surface area contributed by atoms with Crippen molar-refractivity contribution < 1.29 is 8.42 Å². The Morgan fingerprint density at radius 1 is 1.24 bits per heavy atom. The molecule has 2 unspecified atom stereocenters. The molecule has 0 radical (unpaired) electrons. The van der Waals surface area contributed by atoms with E-state index in [-0.39, 0.29) is 0 Å². The van der Waals surface area contributed by atoms with E-state index in [1.54, 1.807) is 0 Å². The van der Waals surface area contributed by atoms with E-state index >= 15 is 0 Å². The Balaban J connectivity index is 1.90. The maximum absolute atomic E-state index is 11.6. The molecule has 2 fully saturated rings. The summed E-state index contributed by atoms with van der Waals surface area (Å²) in [7, 11) is -2.72. The van der Waals surface area contributed by atoms with E-state index in [9.17, 15) is 8.42 Å². The van der Waals surface area contributed by atoms with Crippen LogP contribution in [0.25, 0.3) is 0 Å². The maximum atomic E-state index is 11.6. The third-order valence-electron chi connectivity index (χ3n) is 4.44. The minimum atomic E-state index is -2.72. The van der Waals surface area contributed by atoms with Crippen molar-refractivity contribution in [3.8, 4) is 0 Å². The average molecular weight is 259 g/mol. The molecule has 3 nitrogen and oxygen atoms in total. The van der Waals surface area contributed by atoms with Crippen molar-refractivity contribution in [2.45, 2.75) is 39.0 Å². The molecule has 4 heteroatoms. The Bertz CT molecular complexity index is 335. The predicted octanol–water partition coefficient (Wildman–Crippen LogP) is 1.84. The van der Waals surface area contributed by atoms with Crippen LogP contribution in [-0.4, -0.2) is 33.0 Å². The fourth-order valence-corrected chi connectivity index (χ4v) is 5.09. The Kier molecular flexibility index (Phi) is 4.47. The second-order valence-electron chi connectivity index (χ2n) is 5.72. The van der Waals surface area contributed by atoms with Gasteiger partial charge in [-0.1, -0.05) is 26.2 Å². The fourth-order valence-electron chi connectivity index (χ4n) is 3.19. The molecule has 0 bridgehead atoms. The van der Waals surface area contributed by atoms with Crippen LogP contribution in [0, 0.1) is 17.8 Å². The van der Waals surface area contributed by atoms with Gasteiger partial charge in [0.25, 0.3) is 0 Å². The maximum Gasteiger partial charge on any atom is 0.150 e. The van der Waals surface area contributed by atoms with E-state index in [0.717, 1.165) is 31.8 Å². The Morgan fingerprint density at radius 2 is 2.00 bits per heavy atom. The molecule has 2 atom stereocenters. The number of sulfone groups is 1. The smallest absolute Gasteiger partial charge is 0.150 e. The normalized spacial score (nSPS) is 30.1. The van der Waals surface area contributed by atoms with Crippen LogP contribution in [0.4, 0.5) is 0 Å². The molecule has 1 saturated heterocycles. The van der Waals surface area contributed by atoms with Gasteiger partial charge in [0, 0.05) is 0 Å². The molecule has 0 aromatic heterocycles. The summed E-state index contributed by atoms with van der Waals surface area (Å²) in [5.41, 5.74) is 0. The van der Waals surface area contributed by atoms with Crippen molar-refractivity contribution in [2.75, 3.05) is 24.6 Å². The summed E-state index contributed by atoms with van der Waals surface area (Å²) in [6.45, 7) is 4.26. The van der Waals surface area contributed by atoms with Gasteiger partial charge < -0.3 is 5.32 Å². The number of nitrogens with one attached hydrogen (secondary N) is 1. The molecule has 100 valence electrons. The van der Waals surface area contributed by atoms with Crippen molar-refractivity contribution in [2.24, 2.45) is 17.8 Å². The zero-order chi connectivity index (χ0) is 12.3. The van der Waals surface area contributed by atoms with Crippen LogP contribution in [-0.2, 0) is 9.84 Å². The van der Waals surface area contributed by atoms with Gasteiger partial charge in [0.05, 0.1) is 11.5 Å². The molecule has 1 heterocycles. The molecule has 0 amide bonds. The van der Waals surface area contributed by atoms with E-state index in [2.05, 4.69) is 12.2 Å². The van der Waals surface area contributed by atoms with Gasteiger partial charge >= 0.3 is 0 Å². The second kappa shape index (κ2) is 5.70. The van der Waals surface area contributed by atoms with Gasteiger partial charge in [-0.05, 0) is 43.7 Å². The van der Waals surface area contributed by atoms with Crippen molar-refractivity contribution in [3.63, 3.8) is 0 Å². The van der Waals surface area contributed by atoms with Crippen LogP contribution in [0.5, 0.6) is 0 Å². The molecule has 0 aromatic rings. The van der Waals surface area contributed by atoms with Gasteiger partial charge in [-0.15, -0.1) is 0 Å². The summed E-state index contributed by atoms with van der Waals surface area (Å²) in [4.78, 5) is 0. The van der Waals surface area contributed by atoms with Gasteiger partial charge in [-0.2, -0.15) is 0 Å².